The molecule has 3 atom stereocenters. The second kappa shape index (κ2) is 4.88. The highest BCUT2D eigenvalue weighted by atomic mass is 16.2. The monoisotopic (exact) mass is 232 g/mol. The van der Waals surface area contributed by atoms with E-state index in [0.717, 1.165) is 6.54 Å². The fourth-order valence-corrected chi connectivity index (χ4v) is 2.40. The van der Waals surface area contributed by atoms with Crippen LogP contribution in [0.25, 0.3) is 0 Å². The Bertz CT molecular complexity index is 388. The SMILES string of the molecule is C[C@H](N)[C@H]1CC(=O)N([C@H](C)c2ccccc2)C1. The third kappa shape index (κ3) is 2.50. The topological polar surface area (TPSA) is 46.3 Å². The minimum absolute atomic E-state index is 0.0897. The van der Waals surface area contributed by atoms with Crippen molar-refractivity contribution in [3.05, 3.63) is 35.9 Å². The minimum atomic E-state index is 0.0897. The Morgan fingerprint density at radius 2 is 1.94 bits per heavy atom. The van der Waals surface area contributed by atoms with Crippen molar-refractivity contribution in [3.8, 4) is 0 Å². The van der Waals surface area contributed by atoms with E-state index in [-0.39, 0.29) is 18.0 Å². The van der Waals surface area contributed by atoms with Gasteiger partial charge in [0.15, 0.2) is 0 Å². The molecule has 0 saturated carbocycles. The zero-order valence-electron chi connectivity index (χ0n) is 10.5. The molecule has 1 aromatic carbocycles. The standard InChI is InChI=1S/C14H20N2O/c1-10(15)13-8-14(17)16(9-13)11(2)12-6-4-3-5-7-12/h3-7,10-11,13H,8-9,15H2,1-2H3/t10-,11+,13-/m0/s1. The molecule has 1 fully saturated rings. The molecule has 3 heteroatoms. The predicted molar refractivity (Wildman–Crippen MR) is 68.3 cm³/mol. The minimum Gasteiger partial charge on any atom is -0.336 e. The van der Waals surface area contributed by atoms with Crippen LogP contribution >= 0.6 is 0 Å². The highest BCUT2D eigenvalue weighted by molar-refractivity contribution is 5.79. The van der Waals surface area contributed by atoms with Gasteiger partial charge >= 0.3 is 0 Å². The molecule has 0 aromatic heterocycles. The summed E-state index contributed by atoms with van der Waals surface area (Å²) in [6, 6.07) is 10.4. The molecule has 0 aliphatic carbocycles. The number of hydrogen-bond donors (Lipinski definition) is 1. The van der Waals surface area contributed by atoms with E-state index in [0.29, 0.717) is 12.3 Å². The van der Waals surface area contributed by atoms with Gasteiger partial charge in [-0.3, -0.25) is 4.79 Å². The van der Waals surface area contributed by atoms with Crippen LogP contribution in [-0.4, -0.2) is 23.4 Å². The van der Waals surface area contributed by atoms with Crippen LogP contribution < -0.4 is 5.73 Å². The number of carbonyl (C=O) groups is 1. The maximum Gasteiger partial charge on any atom is 0.223 e. The normalized spacial score (nSPS) is 23.8. The smallest absolute Gasteiger partial charge is 0.223 e. The van der Waals surface area contributed by atoms with E-state index in [1.165, 1.54) is 5.56 Å². The first kappa shape index (κ1) is 12.1. The molecule has 1 saturated heterocycles. The quantitative estimate of drug-likeness (QED) is 0.865. The van der Waals surface area contributed by atoms with Crippen LogP contribution in [0.4, 0.5) is 0 Å². The number of rotatable bonds is 3. The van der Waals surface area contributed by atoms with Gasteiger partial charge in [-0.1, -0.05) is 30.3 Å². The maximum atomic E-state index is 12.0. The molecule has 1 amide bonds. The first-order valence-electron chi connectivity index (χ1n) is 6.19. The Morgan fingerprint density at radius 1 is 1.29 bits per heavy atom. The van der Waals surface area contributed by atoms with Crippen LogP contribution in [0.1, 0.15) is 31.9 Å². The van der Waals surface area contributed by atoms with Gasteiger partial charge in [-0.2, -0.15) is 0 Å². The fraction of sp³-hybridized carbons (Fsp3) is 0.500. The summed E-state index contributed by atoms with van der Waals surface area (Å²) in [6.45, 7) is 4.85. The van der Waals surface area contributed by atoms with Crippen molar-refractivity contribution in [3.63, 3.8) is 0 Å². The fourth-order valence-electron chi connectivity index (χ4n) is 2.40. The molecule has 3 nitrogen and oxygen atoms in total. The lowest BCUT2D eigenvalue weighted by molar-refractivity contribution is -0.129. The van der Waals surface area contributed by atoms with Gasteiger partial charge in [0.1, 0.15) is 0 Å². The second-order valence-corrected chi connectivity index (χ2v) is 4.96. The number of nitrogens with two attached hydrogens (primary N) is 1. The molecule has 1 aromatic rings. The summed E-state index contributed by atoms with van der Waals surface area (Å²) >= 11 is 0. The van der Waals surface area contributed by atoms with E-state index >= 15 is 0 Å². The zero-order chi connectivity index (χ0) is 12.4. The Hall–Kier alpha value is -1.35. The summed E-state index contributed by atoms with van der Waals surface area (Å²) in [5, 5.41) is 0. The van der Waals surface area contributed by atoms with Crippen molar-refractivity contribution in [2.24, 2.45) is 11.7 Å². The van der Waals surface area contributed by atoms with Gasteiger partial charge in [-0.15, -0.1) is 0 Å². The molecule has 2 N–H and O–H groups in total. The van der Waals surface area contributed by atoms with E-state index < -0.39 is 0 Å². The van der Waals surface area contributed by atoms with E-state index in [2.05, 4.69) is 19.1 Å². The zero-order valence-corrected chi connectivity index (χ0v) is 10.5. The van der Waals surface area contributed by atoms with Gasteiger partial charge in [0.2, 0.25) is 5.91 Å². The number of amides is 1. The van der Waals surface area contributed by atoms with Crippen LogP contribution in [0, 0.1) is 5.92 Å². The third-order valence-electron chi connectivity index (χ3n) is 3.68. The van der Waals surface area contributed by atoms with Gasteiger partial charge in [-0.25, -0.2) is 0 Å². The van der Waals surface area contributed by atoms with Crippen LogP contribution in [0.2, 0.25) is 0 Å². The molecule has 1 aliphatic heterocycles. The van der Waals surface area contributed by atoms with E-state index in [1.54, 1.807) is 0 Å². The van der Waals surface area contributed by atoms with Gasteiger partial charge in [-0.05, 0) is 19.4 Å². The Balaban J connectivity index is 2.11. The Labute approximate surface area is 103 Å². The van der Waals surface area contributed by atoms with E-state index in [4.69, 9.17) is 5.73 Å². The molecule has 0 spiro atoms. The molecule has 0 radical (unpaired) electrons. The summed E-state index contributed by atoms with van der Waals surface area (Å²) < 4.78 is 0. The van der Waals surface area contributed by atoms with Crippen LogP contribution in [-0.2, 0) is 4.79 Å². The van der Waals surface area contributed by atoms with Crippen molar-refractivity contribution >= 4 is 5.91 Å². The maximum absolute atomic E-state index is 12.0. The largest absolute Gasteiger partial charge is 0.336 e. The molecule has 17 heavy (non-hydrogen) atoms. The molecule has 1 heterocycles. The number of hydrogen-bond acceptors (Lipinski definition) is 2. The predicted octanol–water partition coefficient (Wildman–Crippen LogP) is 1.94. The second-order valence-electron chi connectivity index (χ2n) is 4.96. The number of benzene rings is 1. The summed E-state index contributed by atoms with van der Waals surface area (Å²) in [5.74, 6) is 0.525. The first-order valence-corrected chi connectivity index (χ1v) is 6.19. The van der Waals surface area contributed by atoms with Gasteiger partial charge in [0, 0.05) is 24.9 Å². The van der Waals surface area contributed by atoms with E-state index in [1.807, 2.05) is 30.0 Å². The highest BCUT2D eigenvalue weighted by Crippen LogP contribution is 2.29. The van der Waals surface area contributed by atoms with Crippen molar-refractivity contribution in [1.82, 2.24) is 4.90 Å². The van der Waals surface area contributed by atoms with Crippen LogP contribution in [0.5, 0.6) is 0 Å². The van der Waals surface area contributed by atoms with Crippen molar-refractivity contribution in [2.45, 2.75) is 32.4 Å². The molecule has 0 unspecified atom stereocenters. The summed E-state index contributed by atoms with van der Waals surface area (Å²) in [6.07, 6.45) is 0.592. The Kier molecular flexibility index (Phi) is 3.48. The highest BCUT2D eigenvalue weighted by Gasteiger charge is 2.34. The lowest BCUT2D eigenvalue weighted by atomic mass is 10.0. The van der Waals surface area contributed by atoms with Crippen LogP contribution in [0.15, 0.2) is 30.3 Å². The average molecular weight is 232 g/mol. The van der Waals surface area contributed by atoms with E-state index in [9.17, 15) is 4.79 Å². The average Bonchev–Trinajstić information content (AvgIpc) is 2.72. The lowest BCUT2D eigenvalue weighted by Crippen LogP contribution is -2.32. The Morgan fingerprint density at radius 3 is 2.47 bits per heavy atom. The summed E-state index contributed by atoms with van der Waals surface area (Å²) in [5.41, 5.74) is 7.07. The van der Waals surface area contributed by atoms with Crippen molar-refractivity contribution in [2.75, 3.05) is 6.54 Å². The third-order valence-corrected chi connectivity index (χ3v) is 3.68. The summed E-state index contributed by atoms with van der Waals surface area (Å²) in [4.78, 5) is 13.9. The molecule has 0 bridgehead atoms. The molecule has 92 valence electrons. The van der Waals surface area contributed by atoms with Crippen LogP contribution in [0.3, 0.4) is 0 Å². The summed E-state index contributed by atoms with van der Waals surface area (Å²) in [7, 11) is 0. The molecular formula is C14H20N2O. The number of nitrogens with zero attached hydrogens (tertiary/aromatic N) is 1. The van der Waals surface area contributed by atoms with Gasteiger partial charge in [0.05, 0.1) is 6.04 Å². The van der Waals surface area contributed by atoms with Crippen molar-refractivity contribution in [1.29, 1.82) is 0 Å². The first-order chi connectivity index (χ1) is 8.09. The molecule has 1 aliphatic rings. The van der Waals surface area contributed by atoms with Crippen molar-refractivity contribution < 1.29 is 4.79 Å². The van der Waals surface area contributed by atoms with Gasteiger partial charge in [0.25, 0.3) is 0 Å². The number of carbonyl (C=O) groups excluding carboxylic acids is 1. The molecular weight excluding hydrogens is 212 g/mol. The lowest BCUT2D eigenvalue weighted by Gasteiger charge is -2.25. The van der Waals surface area contributed by atoms with Gasteiger partial charge < -0.3 is 10.6 Å². The number of likely N-dealkylation sites (tertiary alicyclic amines) is 1. The molecule has 2 rings (SSSR count).